The normalized spacial score (nSPS) is 14.3. The van der Waals surface area contributed by atoms with Gasteiger partial charge in [-0.05, 0) is 37.1 Å². The van der Waals surface area contributed by atoms with Crippen LogP contribution in [0.1, 0.15) is 36.0 Å². The van der Waals surface area contributed by atoms with Crippen LogP contribution in [-0.2, 0) is 11.2 Å². The minimum Gasteiger partial charge on any atom is -0.326 e. The summed E-state index contributed by atoms with van der Waals surface area (Å²) in [5.74, 6) is 1.42. The highest BCUT2D eigenvalue weighted by Gasteiger charge is 2.30. The van der Waals surface area contributed by atoms with Crippen LogP contribution in [0.15, 0.2) is 24.3 Å². The fraction of sp³-hybridized carbons (Fsp3) is 0.333. The van der Waals surface area contributed by atoms with Crippen LogP contribution in [0, 0.1) is 0 Å². The number of hydrogen-bond acceptors (Lipinski definition) is 5. The number of rotatable bonds is 5. The van der Waals surface area contributed by atoms with Crippen LogP contribution in [0.5, 0.6) is 0 Å². The summed E-state index contributed by atoms with van der Waals surface area (Å²) >= 11 is 7.32. The molecule has 6 nitrogen and oxygen atoms in total. The quantitative estimate of drug-likeness (QED) is 0.768. The molecule has 23 heavy (non-hydrogen) atoms. The first-order valence-electron chi connectivity index (χ1n) is 7.45. The van der Waals surface area contributed by atoms with Gasteiger partial charge < -0.3 is 5.32 Å². The van der Waals surface area contributed by atoms with E-state index in [1.807, 2.05) is 4.52 Å². The van der Waals surface area contributed by atoms with Gasteiger partial charge in [-0.15, -0.1) is 10.2 Å². The lowest BCUT2D eigenvalue weighted by Crippen LogP contribution is -2.12. The Morgan fingerprint density at radius 2 is 2.09 bits per heavy atom. The molecule has 0 spiro atoms. The number of nitrogens with zero attached hydrogens (tertiary/aromatic N) is 4. The SMILES string of the molecule is O=C(CCc1nn2c(C3CC3)nnc2s1)Nc1ccc(Cl)cc1. The van der Waals surface area contributed by atoms with Crippen molar-refractivity contribution in [2.45, 2.75) is 31.6 Å². The first-order valence-corrected chi connectivity index (χ1v) is 8.65. The lowest BCUT2D eigenvalue weighted by atomic mass is 10.2. The van der Waals surface area contributed by atoms with Gasteiger partial charge in [-0.25, -0.2) is 0 Å². The molecule has 0 unspecified atom stereocenters. The number of halogens is 1. The lowest BCUT2D eigenvalue weighted by Gasteiger charge is -2.04. The third kappa shape index (κ3) is 3.20. The number of fused-ring (bicyclic) bond motifs is 1. The highest BCUT2D eigenvalue weighted by Crippen LogP contribution is 2.39. The van der Waals surface area contributed by atoms with Crippen LogP contribution in [0.25, 0.3) is 4.96 Å². The predicted octanol–water partition coefficient (Wildman–Crippen LogP) is 3.29. The zero-order valence-corrected chi connectivity index (χ0v) is 13.8. The zero-order chi connectivity index (χ0) is 15.8. The lowest BCUT2D eigenvalue weighted by molar-refractivity contribution is -0.116. The number of benzene rings is 1. The topological polar surface area (TPSA) is 72.2 Å². The third-order valence-electron chi connectivity index (χ3n) is 3.69. The summed E-state index contributed by atoms with van der Waals surface area (Å²) in [5, 5.41) is 17.3. The molecule has 1 aliphatic rings. The molecule has 0 saturated heterocycles. The average molecular weight is 348 g/mol. The monoisotopic (exact) mass is 347 g/mol. The molecule has 1 aromatic carbocycles. The van der Waals surface area contributed by atoms with Crippen molar-refractivity contribution in [3.63, 3.8) is 0 Å². The number of hydrogen-bond donors (Lipinski definition) is 1. The van der Waals surface area contributed by atoms with Crippen molar-refractivity contribution >= 4 is 39.5 Å². The van der Waals surface area contributed by atoms with E-state index >= 15 is 0 Å². The van der Waals surface area contributed by atoms with E-state index in [4.69, 9.17) is 11.6 Å². The summed E-state index contributed by atoms with van der Waals surface area (Å²) < 4.78 is 1.83. The first kappa shape index (κ1) is 14.6. The van der Waals surface area contributed by atoms with E-state index in [1.165, 1.54) is 11.3 Å². The summed E-state index contributed by atoms with van der Waals surface area (Å²) in [5.41, 5.74) is 0.744. The molecule has 1 fully saturated rings. The van der Waals surface area contributed by atoms with Gasteiger partial charge in [-0.2, -0.15) is 9.61 Å². The Labute approximate surface area is 141 Å². The molecule has 4 rings (SSSR count). The molecule has 0 atom stereocenters. The summed E-state index contributed by atoms with van der Waals surface area (Å²) in [6.07, 6.45) is 3.30. The summed E-state index contributed by atoms with van der Waals surface area (Å²) in [6, 6.07) is 7.06. The molecule has 0 bridgehead atoms. The number of nitrogens with one attached hydrogen (secondary N) is 1. The molecule has 8 heteroatoms. The maximum atomic E-state index is 12.0. The number of anilines is 1. The van der Waals surface area contributed by atoms with Crippen LogP contribution in [0.4, 0.5) is 5.69 Å². The second-order valence-corrected chi connectivity index (χ2v) is 7.05. The van der Waals surface area contributed by atoms with E-state index in [0.717, 1.165) is 34.3 Å². The molecule has 0 radical (unpaired) electrons. The number of aromatic nitrogens is 4. The van der Waals surface area contributed by atoms with Crippen molar-refractivity contribution in [2.24, 2.45) is 0 Å². The van der Waals surface area contributed by atoms with Gasteiger partial charge in [-0.1, -0.05) is 22.9 Å². The molecule has 1 aliphatic carbocycles. The Kier molecular flexibility index (Phi) is 3.74. The highest BCUT2D eigenvalue weighted by atomic mass is 35.5. The molecule has 118 valence electrons. The zero-order valence-electron chi connectivity index (χ0n) is 12.2. The molecule has 2 heterocycles. The average Bonchev–Trinajstić information content (AvgIpc) is 3.17. The maximum Gasteiger partial charge on any atom is 0.234 e. The maximum absolute atomic E-state index is 12.0. The van der Waals surface area contributed by atoms with Crippen molar-refractivity contribution in [3.05, 3.63) is 40.1 Å². The summed E-state index contributed by atoms with van der Waals surface area (Å²) in [6.45, 7) is 0. The molecule has 0 aliphatic heterocycles. The Morgan fingerprint density at radius 1 is 1.30 bits per heavy atom. The molecular formula is C15H14ClN5OS. The van der Waals surface area contributed by atoms with Gasteiger partial charge >= 0.3 is 0 Å². The Bertz CT molecular complexity index is 853. The van der Waals surface area contributed by atoms with Crippen molar-refractivity contribution in [1.82, 2.24) is 19.8 Å². The van der Waals surface area contributed by atoms with Crippen LogP contribution in [0.3, 0.4) is 0 Å². The van der Waals surface area contributed by atoms with Crippen LogP contribution in [-0.4, -0.2) is 25.7 Å². The van der Waals surface area contributed by atoms with Crippen LogP contribution < -0.4 is 5.32 Å². The molecule has 1 saturated carbocycles. The second-order valence-electron chi connectivity index (χ2n) is 5.58. The number of amides is 1. The Morgan fingerprint density at radius 3 is 2.83 bits per heavy atom. The molecular weight excluding hydrogens is 334 g/mol. The smallest absolute Gasteiger partial charge is 0.234 e. The summed E-state index contributed by atoms with van der Waals surface area (Å²) in [7, 11) is 0. The van der Waals surface area contributed by atoms with Gasteiger partial charge in [0, 0.05) is 29.5 Å². The Balaban J connectivity index is 1.38. The standard InChI is InChI=1S/C15H14ClN5OS/c16-10-3-5-11(6-4-10)17-12(22)7-8-13-20-21-14(9-1-2-9)18-19-15(21)23-13/h3-6,9H,1-2,7-8H2,(H,17,22). The number of carbonyl (C=O) groups is 1. The highest BCUT2D eigenvalue weighted by molar-refractivity contribution is 7.16. The van der Waals surface area contributed by atoms with Gasteiger partial charge in [0.05, 0.1) is 0 Å². The number of carbonyl (C=O) groups excluding carboxylic acids is 1. The van der Waals surface area contributed by atoms with Crippen LogP contribution in [0.2, 0.25) is 5.02 Å². The van der Waals surface area contributed by atoms with E-state index in [1.54, 1.807) is 24.3 Å². The van der Waals surface area contributed by atoms with Crippen LogP contribution >= 0.6 is 22.9 Å². The molecule has 1 N–H and O–H groups in total. The van der Waals surface area contributed by atoms with Gasteiger partial charge in [0.15, 0.2) is 5.82 Å². The van der Waals surface area contributed by atoms with Crippen molar-refractivity contribution in [1.29, 1.82) is 0 Å². The van der Waals surface area contributed by atoms with Crippen molar-refractivity contribution in [3.8, 4) is 0 Å². The first-order chi connectivity index (χ1) is 11.2. The molecule has 3 aromatic rings. The molecule has 2 aromatic heterocycles. The fourth-order valence-electron chi connectivity index (χ4n) is 2.35. The van der Waals surface area contributed by atoms with Crippen molar-refractivity contribution in [2.75, 3.05) is 5.32 Å². The third-order valence-corrected chi connectivity index (χ3v) is 4.90. The minimum atomic E-state index is -0.0410. The molecule has 1 amide bonds. The van der Waals surface area contributed by atoms with E-state index in [0.29, 0.717) is 23.8 Å². The predicted molar refractivity (Wildman–Crippen MR) is 89.0 cm³/mol. The van der Waals surface area contributed by atoms with E-state index < -0.39 is 0 Å². The van der Waals surface area contributed by atoms with E-state index in [-0.39, 0.29) is 5.91 Å². The van der Waals surface area contributed by atoms with E-state index in [2.05, 4.69) is 20.6 Å². The van der Waals surface area contributed by atoms with Gasteiger partial charge in [0.25, 0.3) is 0 Å². The summed E-state index contributed by atoms with van der Waals surface area (Å²) in [4.78, 5) is 12.8. The van der Waals surface area contributed by atoms with Gasteiger partial charge in [0.1, 0.15) is 5.01 Å². The van der Waals surface area contributed by atoms with E-state index in [9.17, 15) is 4.79 Å². The van der Waals surface area contributed by atoms with Crippen molar-refractivity contribution < 1.29 is 4.79 Å². The Hall–Kier alpha value is -1.99. The largest absolute Gasteiger partial charge is 0.326 e. The fourth-order valence-corrected chi connectivity index (χ4v) is 3.31. The second kappa shape index (κ2) is 5.90. The number of aryl methyl sites for hydroxylation is 1. The van der Waals surface area contributed by atoms with Gasteiger partial charge in [0.2, 0.25) is 10.9 Å². The van der Waals surface area contributed by atoms with Gasteiger partial charge in [-0.3, -0.25) is 4.79 Å². The minimum absolute atomic E-state index is 0.0410.